The number of pyridine rings is 1. The van der Waals surface area contributed by atoms with Crippen molar-refractivity contribution >= 4 is 17.7 Å². The third-order valence-electron chi connectivity index (χ3n) is 4.15. The fourth-order valence-corrected chi connectivity index (χ4v) is 3.65. The van der Waals surface area contributed by atoms with Crippen molar-refractivity contribution < 1.29 is 9.53 Å². The molecule has 2 fully saturated rings. The number of amides is 1. The predicted octanol–water partition coefficient (Wildman–Crippen LogP) is 0.684. The zero-order valence-corrected chi connectivity index (χ0v) is 14.2. The maximum atomic E-state index is 12.1. The van der Waals surface area contributed by atoms with Crippen molar-refractivity contribution in [3.8, 4) is 5.75 Å². The highest BCUT2D eigenvalue weighted by Gasteiger charge is 2.23. The smallest absolute Gasteiger partial charge is 0.240 e. The molecule has 1 aliphatic heterocycles. The Morgan fingerprint density at radius 1 is 1.39 bits per heavy atom. The van der Waals surface area contributed by atoms with Gasteiger partial charge in [-0.25, -0.2) is 0 Å². The van der Waals surface area contributed by atoms with Gasteiger partial charge < -0.3 is 14.6 Å². The van der Waals surface area contributed by atoms with Crippen LogP contribution >= 0.6 is 11.8 Å². The first-order valence-corrected chi connectivity index (χ1v) is 9.18. The van der Waals surface area contributed by atoms with Gasteiger partial charge in [-0.15, -0.1) is 0 Å². The van der Waals surface area contributed by atoms with Crippen molar-refractivity contribution in [2.24, 2.45) is 0 Å². The number of methoxy groups -OCH3 is 1. The molecule has 1 N–H and O–H groups in total. The molecule has 0 radical (unpaired) electrons. The molecule has 1 amide bonds. The topological polar surface area (TPSA) is 63.6 Å². The minimum absolute atomic E-state index is 0.00588. The van der Waals surface area contributed by atoms with Crippen LogP contribution in [0.25, 0.3) is 0 Å². The number of rotatable bonds is 6. The number of carbonyl (C=O) groups excluding carboxylic acids is 1. The van der Waals surface area contributed by atoms with Crippen molar-refractivity contribution in [3.05, 3.63) is 28.2 Å². The van der Waals surface area contributed by atoms with Crippen molar-refractivity contribution in [1.82, 2.24) is 14.8 Å². The second-order valence-corrected chi connectivity index (χ2v) is 7.28. The van der Waals surface area contributed by atoms with Crippen LogP contribution in [0.1, 0.15) is 18.5 Å². The first-order chi connectivity index (χ1) is 11.2. The lowest BCUT2D eigenvalue weighted by Gasteiger charge is -2.27. The molecule has 23 heavy (non-hydrogen) atoms. The molecule has 0 bridgehead atoms. The number of hydrogen-bond acceptors (Lipinski definition) is 5. The second kappa shape index (κ2) is 7.40. The van der Waals surface area contributed by atoms with Crippen LogP contribution in [0.4, 0.5) is 0 Å². The molecule has 0 atom stereocenters. The lowest BCUT2D eigenvalue weighted by molar-refractivity contribution is -0.121. The fourth-order valence-electron chi connectivity index (χ4n) is 2.67. The summed E-state index contributed by atoms with van der Waals surface area (Å²) in [6.07, 6.45) is 3.79. The van der Waals surface area contributed by atoms with E-state index in [4.69, 9.17) is 4.74 Å². The Bertz CT molecular complexity index is 621. The molecule has 0 aromatic carbocycles. The van der Waals surface area contributed by atoms with E-state index in [0.29, 0.717) is 12.6 Å². The van der Waals surface area contributed by atoms with Gasteiger partial charge in [0.1, 0.15) is 6.54 Å². The Hall–Kier alpha value is -1.47. The summed E-state index contributed by atoms with van der Waals surface area (Å²) < 4.78 is 6.97. The summed E-state index contributed by atoms with van der Waals surface area (Å²) in [5, 5.41) is 2.99. The number of carbonyl (C=O) groups is 1. The van der Waals surface area contributed by atoms with Crippen LogP contribution in [-0.2, 0) is 17.9 Å². The van der Waals surface area contributed by atoms with E-state index in [2.05, 4.69) is 10.2 Å². The third kappa shape index (κ3) is 4.51. The summed E-state index contributed by atoms with van der Waals surface area (Å²) in [6.45, 7) is 2.94. The summed E-state index contributed by atoms with van der Waals surface area (Å²) in [5.41, 5.74) is 0.737. The van der Waals surface area contributed by atoms with Crippen LogP contribution in [0, 0.1) is 0 Å². The Balaban J connectivity index is 1.77. The zero-order valence-electron chi connectivity index (χ0n) is 13.4. The molecule has 1 saturated carbocycles. The summed E-state index contributed by atoms with van der Waals surface area (Å²) in [4.78, 5) is 26.5. The second-order valence-electron chi connectivity index (χ2n) is 6.06. The average Bonchev–Trinajstić information content (AvgIpc) is 3.34. The van der Waals surface area contributed by atoms with Gasteiger partial charge in [-0.1, -0.05) is 0 Å². The SMILES string of the molecule is COc1cn(CC(=O)NC2CC2)c(CN2CCSCC2)cc1=O. The van der Waals surface area contributed by atoms with Gasteiger partial charge in [0, 0.05) is 48.9 Å². The van der Waals surface area contributed by atoms with Gasteiger partial charge in [-0.05, 0) is 12.8 Å². The maximum absolute atomic E-state index is 12.1. The average molecular weight is 337 g/mol. The molecule has 1 aromatic rings. The Morgan fingerprint density at radius 2 is 2.13 bits per heavy atom. The van der Waals surface area contributed by atoms with E-state index in [-0.39, 0.29) is 23.6 Å². The normalized spacial score (nSPS) is 18.7. The highest BCUT2D eigenvalue weighted by molar-refractivity contribution is 7.99. The molecule has 126 valence electrons. The van der Waals surface area contributed by atoms with Crippen LogP contribution < -0.4 is 15.5 Å². The number of aromatic nitrogens is 1. The van der Waals surface area contributed by atoms with Crippen molar-refractivity contribution in [2.45, 2.75) is 32.0 Å². The van der Waals surface area contributed by atoms with Crippen LogP contribution in [0.2, 0.25) is 0 Å². The van der Waals surface area contributed by atoms with E-state index < -0.39 is 0 Å². The quantitative estimate of drug-likeness (QED) is 0.827. The molecular weight excluding hydrogens is 314 g/mol. The molecule has 0 unspecified atom stereocenters. The first kappa shape index (κ1) is 16.4. The Morgan fingerprint density at radius 3 is 2.78 bits per heavy atom. The Labute approximate surface area is 140 Å². The van der Waals surface area contributed by atoms with Crippen LogP contribution in [0.3, 0.4) is 0 Å². The Kier molecular flexibility index (Phi) is 5.27. The lowest BCUT2D eigenvalue weighted by Crippen LogP contribution is -2.35. The number of nitrogens with zero attached hydrogens (tertiary/aromatic N) is 2. The van der Waals surface area contributed by atoms with Crippen molar-refractivity contribution in [2.75, 3.05) is 31.7 Å². The standard InChI is InChI=1S/C16H23N3O3S/c1-22-15-10-19(11-16(21)17-12-2-3-12)13(8-14(15)20)9-18-4-6-23-7-5-18/h8,10,12H,2-7,9,11H2,1H3,(H,17,21). The maximum Gasteiger partial charge on any atom is 0.240 e. The largest absolute Gasteiger partial charge is 0.491 e. The number of hydrogen-bond donors (Lipinski definition) is 1. The first-order valence-electron chi connectivity index (χ1n) is 8.02. The number of ether oxygens (including phenoxy) is 1. The highest BCUT2D eigenvalue weighted by atomic mass is 32.2. The molecule has 7 heteroatoms. The number of nitrogens with one attached hydrogen (secondary N) is 1. The lowest BCUT2D eigenvalue weighted by atomic mass is 10.2. The highest BCUT2D eigenvalue weighted by Crippen LogP contribution is 2.19. The molecule has 3 rings (SSSR count). The summed E-state index contributed by atoms with van der Waals surface area (Å²) in [5.74, 6) is 2.50. The van der Waals surface area contributed by atoms with Crippen LogP contribution in [0.15, 0.2) is 17.1 Å². The van der Waals surface area contributed by atoms with Gasteiger partial charge >= 0.3 is 0 Å². The van der Waals surface area contributed by atoms with E-state index in [1.807, 2.05) is 16.3 Å². The van der Waals surface area contributed by atoms with Gasteiger partial charge in [-0.3, -0.25) is 14.5 Å². The fraction of sp³-hybridized carbons (Fsp3) is 0.625. The number of thioether (sulfide) groups is 1. The summed E-state index contributed by atoms with van der Waals surface area (Å²) in [7, 11) is 1.48. The van der Waals surface area contributed by atoms with E-state index in [0.717, 1.165) is 43.1 Å². The van der Waals surface area contributed by atoms with Gasteiger partial charge in [0.05, 0.1) is 13.3 Å². The molecule has 1 aliphatic carbocycles. The van der Waals surface area contributed by atoms with E-state index >= 15 is 0 Å². The van der Waals surface area contributed by atoms with Crippen LogP contribution in [-0.4, -0.2) is 53.1 Å². The zero-order chi connectivity index (χ0) is 16.2. The molecule has 1 aromatic heterocycles. The minimum Gasteiger partial charge on any atom is -0.491 e. The van der Waals surface area contributed by atoms with Crippen molar-refractivity contribution in [3.63, 3.8) is 0 Å². The van der Waals surface area contributed by atoms with Crippen LogP contribution in [0.5, 0.6) is 5.75 Å². The van der Waals surface area contributed by atoms with Crippen molar-refractivity contribution in [1.29, 1.82) is 0 Å². The summed E-state index contributed by atoms with van der Waals surface area (Å²) >= 11 is 1.95. The minimum atomic E-state index is -0.132. The monoisotopic (exact) mass is 337 g/mol. The van der Waals surface area contributed by atoms with Gasteiger partial charge in [0.25, 0.3) is 0 Å². The van der Waals surface area contributed by atoms with E-state index in [1.165, 1.54) is 7.11 Å². The van der Waals surface area contributed by atoms with Gasteiger partial charge in [-0.2, -0.15) is 11.8 Å². The predicted molar refractivity (Wildman–Crippen MR) is 91.0 cm³/mol. The van der Waals surface area contributed by atoms with E-state index in [9.17, 15) is 9.59 Å². The van der Waals surface area contributed by atoms with E-state index in [1.54, 1.807) is 12.3 Å². The molecule has 2 aliphatic rings. The van der Waals surface area contributed by atoms with Gasteiger partial charge in [0.15, 0.2) is 5.75 Å². The molecule has 1 saturated heterocycles. The molecule has 2 heterocycles. The van der Waals surface area contributed by atoms with Gasteiger partial charge in [0.2, 0.25) is 11.3 Å². The summed E-state index contributed by atoms with van der Waals surface area (Å²) in [6, 6.07) is 1.94. The third-order valence-corrected chi connectivity index (χ3v) is 5.09. The molecule has 0 spiro atoms. The molecule has 6 nitrogen and oxygen atoms in total. The molecular formula is C16H23N3O3S.